The molecule has 106 valence electrons. The van der Waals surface area contributed by atoms with Gasteiger partial charge in [-0.05, 0) is 41.8 Å². The molecule has 1 N–H and O–H groups in total. The average Bonchev–Trinajstić information content (AvgIpc) is 2.89. The molecule has 2 nitrogen and oxygen atoms in total. The predicted octanol–water partition coefficient (Wildman–Crippen LogP) is 4.29. The highest BCUT2D eigenvalue weighted by atomic mass is 19.4. The number of hydrogen-bond acceptors (Lipinski definition) is 2. The molecule has 0 radical (unpaired) electrons. The summed E-state index contributed by atoms with van der Waals surface area (Å²) in [6.45, 7) is 0. The molecule has 0 amide bonds. The van der Waals surface area contributed by atoms with Crippen molar-refractivity contribution in [1.82, 2.24) is 0 Å². The van der Waals surface area contributed by atoms with Crippen molar-refractivity contribution in [2.45, 2.75) is 18.6 Å². The third-order valence-electron chi connectivity index (χ3n) is 3.63. The smallest absolute Gasteiger partial charge is 0.378 e. The highest BCUT2D eigenvalue weighted by Crippen LogP contribution is 2.36. The van der Waals surface area contributed by atoms with Crippen LogP contribution in [0.1, 0.15) is 28.3 Å². The average molecular weight is 288 g/mol. The zero-order valence-corrected chi connectivity index (χ0v) is 10.9. The largest absolute Gasteiger partial charge is 0.416 e. The predicted molar refractivity (Wildman–Crippen MR) is 72.7 cm³/mol. The normalized spacial score (nSPS) is 17.0. The number of nitrogens with one attached hydrogen (secondary N) is 1. The summed E-state index contributed by atoms with van der Waals surface area (Å²) in [5, 5.41) is 12.1. The van der Waals surface area contributed by atoms with E-state index in [0.717, 1.165) is 28.9 Å². The van der Waals surface area contributed by atoms with Gasteiger partial charge in [-0.1, -0.05) is 18.2 Å². The van der Waals surface area contributed by atoms with E-state index in [9.17, 15) is 13.2 Å². The van der Waals surface area contributed by atoms with E-state index in [4.69, 9.17) is 5.26 Å². The summed E-state index contributed by atoms with van der Waals surface area (Å²) in [7, 11) is 0. The van der Waals surface area contributed by atoms with Crippen LogP contribution >= 0.6 is 0 Å². The molecule has 2 aromatic carbocycles. The fraction of sp³-hybridized carbons (Fsp3) is 0.188. The minimum absolute atomic E-state index is 0.0590. The van der Waals surface area contributed by atoms with Gasteiger partial charge in [0.2, 0.25) is 0 Å². The van der Waals surface area contributed by atoms with Crippen LogP contribution in [0.3, 0.4) is 0 Å². The van der Waals surface area contributed by atoms with Crippen LogP contribution < -0.4 is 5.32 Å². The molecule has 1 unspecified atom stereocenters. The zero-order valence-electron chi connectivity index (χ0n) is 10.9. The van der Waals surface area contributed by atoms with Crippen molar-refractivity contribution in [3.63, 3.8) is 0 Å². The summed E-state index contributed by atoms with van der Waals surface area (Å²) in [4.78, 5) is 0. The number of nitriles is 1. The van der Waals surface area contributed by atoms with E-state index in [0.29, 0.717) is 12.0 Å². The number of hydrogen-bond donors (Lipinski definition) is 1. The van der Waals surface area contributed by atoms with E-state index >= 15 is 0 Å². The van der Waals surface area contributed by atoms with Gasteiger partial charge in [0.15, 0.2) is 0 Å². The van der Waals surface area contributed by atoms with Gasteiger partial charge in [0, 0.05) is 5.69 Å². The van der Waals surface area contributed by atoms with Crippen LogP contribution in [-0.4, -0.2) is 0 Å². The van der Waals surface area contributed by atoms with Gasteiger partial charge in [0.1, 0.15) is 0 Å². The van der Waals surface area contributed by atoms with Gasteiger partial charge in [-0.2, -0.15) is 18.4 Å². The van der Waals surface area contributed by atoms with Crippen molar-refractivity contribution in [2.24, 2.45) is 0 Å². The first-order valence-corrected chi connectivity index (χ1v) is 6.44. The molecule has 1 aliphatic heterocycles. The Morgan fingerprint density at radius 1 is 1.10 bits per heavy atom. The lowest BCUT2D eigenvalue weighted by Crippen LogP contribution is -2.08. The highest BCUT2D eigenvalue weighted by Gasteiger charge is 2.30. The van der Waals surface area contributed by atoms with Crippen LogP contribution in [0.5, 0.6) is 0 Å². The lowest BCUT2D eigenvalue weighted by atomic mass is 10.0. The minimum Gasteiger partial charge on any atom is -0.378 e. The summed E-state index contributed by atoms with van der Waals surface area (Å²) in [6, 6.07) is 12.6. The van der Waals surface area contributed by atoms with Crippen LogP contribution in [0.15, 0.2) is 42.5 Å². The van der Waals surface area contributed by atoms with Crippen LogP contribution in [-0.2, 0) is 12.6 Å². The van der Waals surface area contributed by atoms with E-state index in [1.165, 1.54) is 12.1 Å². The van der Waals surface area contributed by atoms with Gasteiger partial charge in [-0.3, -0.25) is 0 Å². The number of anilines is 1. The highest BCUT2D eigenvalue weighted by molar-refractivity contribution is 5.61. The molecule has 3 rings (SSSR count). The first-order chi connectivity index (χ1) is 9.97. The van der Waals surface area contributed by atoms with Crippen LogP contribution in [0.2, 0.25) is 0 Å². The number of alkyl halides is 3. The molecule has 1 aliphatic rings. The second-order valence-electron chi connectivity index (χ2n) is 5.00. The molecule has 0 saturated carbocycles. The molecule has 1 heterocycles. The van der Waals surface area contributed by atoms with Crippen molar-refractivity contribution in [3.8, 4) is 6.07 Å². The quantitative estimate of drug-likeness (QED) is 0.849. The summed E-state index contributed by atoms with van der Waals surface area (Å²) in [6.07, 6.45) is -3.61. The van der Waals surface area contributed by atoms with Gasteiger partial charge in [-0.15, -0.1) is 0 Å². The molecule has 1 atom stereocenters. The second kappa shape index (κ2) is 4.81. The number of rotatable bonds is 1. The molecule has 21 heavy (non-hydrogen) atoms. The molecule has 0 aromatic heterocycles. The SMILES string of the molecule is N#Cc1ccc2c(c1)NC(c1ccc(C(F)(F)F)cc1)C2. The maximum atomic E-state index is 12.5. The summed E-state index contributed by atoms with van der Waals surface area (Å²) in [5.41, 5.74) is 2.67. The third-order valence-corrected chi connectivity index (χ3v) is 3.63. The molecular weight excluding hydrogens is 277 g/mol. The van der Waals surface area contributed by atoms with E-state index < -0.39 is 11.7 Å². The number of nitrogens with zero attached hydrogens (tertiary/aromatic N) is 1. The fourth-order valence-electron chi connectivity index (χ4n) is 2.52. The van der Waals surface area contributed by atoms with E-state index in [-0.39, 0.29) is 6.04 Å². The molecule has 0 bridgehead atoms. The Labute approximate surface area is 119 Å². The van der Waals surface area contributed by atoms with Crippen molar-refractivity contribution < 1.29 is 13.2 Å². The Hall–Kier alpha value is -2.48. The molecule has 5 heteroatoms. The Bertz CT molecular complexity index is 712. The molecule has 0 aliphatic carbocycles. The van der Waals surface area contributed by atoms with Gasteiger partial charge < -0.3 is 5.32 Å². The van der Waals surface area contributed by atoms with Crippen molar-refractivity contribution >= 4 is 5.69 Å². The van der Waals surface area contributed by atoms with Gasteiger partial charge in [0.05, 0.1) is 23.2 Å². The second-order valence-corrected chi connectivity index (χ2v) is 5.00. The Morgan fingerprint density at radius 2 is 1.81 bits per heavy atom. The zero-order chi connectivity index (χ0) is 15.0. The molecule has 0 fully saturated rings. The lowest BCUT2D eigenvalue weighted by Gasteiger charge is -2.13. The van der Waals surface area contributed by atoms with E-state index in [1.807, 2.05) is 6.07 Å². The molecule has 0 spiro atoms. The van der Waals surface area contributed by atoms with Gasteiger partial charge in [0.25, 0.3) is 0 Å². The topological polar surface area (TPSA) is 35.8 Å². The number of fused-ring (bicyclic) bond motifs is 1. The van der Waals surface area contributed by atoms with E-state index in [2.05, 4.69) is 11.4 Å². The first kappa shape index (κ1) is 13.5. The third kappa shape index (κ3) is 2.57. The van der Waals surface area contributed by atoms with Gasteiger partial charge >= 0.3 is 6.18 Å². The number of benzene rings is 2. The standard InChI is InChI=1S/C16H11F3N2/c17-16(18,19)13-5-3-11(4-6-13)15-8-12-2-1-10(9-20)7-14(12)21-15/h1-7,15,21H,8H2. The first-order valence-electron chi connectivity index (χ1n) is 6.44. The van der Waals surface area contributed by atoms with E-state index in [1.54, 1.807) is 12.1 Å². The Morgan fingerprint density at radius 3 is 2.43 bits per heavy atom. The van der Waals surface area contributed by atoms with Gasteiger partial charge in [-0.25, -0.2) is 0 Å². The number of halogens is 3. The van der Waals surface area contributed by atoms with Crippen molar-refractivity contribution in [1.29, 1.82) is 5.26 Å². The van der Waals surface area contributed by atoms with Crippen LogP contribution in [0, 0.1) is 11.3 Å². The summed E-state index contributed by atoms with van der Waals surface area (Å²) < 4.78 is 37.6. The monoisotopic (exact) mass is 288 g/mol. The summed E-state index contributed by atoms with van der Waals surface area (Å²) >= 11 is 0. The maximum Gasteiger partial charge on any atom is 0.416 e. The minimum atomic E-state index is -4.31. The van der Waals surface area contributed by atoms with Crippen LogP contribution in [0.4, 0.5) is 18.9 Å². The molecule has 2 aromatic rings. The molecule has 0 saturated heterocycles. The molecular formula is C16H11F3N2. The van der Waals surface area contributed by atoms with Crippen molar-refractivity contribution in [3.05, 3.63) is 64.7 Å². The van der Waals surface area contributed by atoms with Crippen LogP contribution in [0.25, 0.3) is 0 Å². The fourth-order valence-corrected chi connectivity index (χ4v) is 2.52. The lowest BCUT2D eigenvalue weighted by molar-refractivity contribution is -0.137. The Kier molecular flexibility index (Phi) is 3.09. The maximum absolute atomic E-state index is 12.5. The summed E-state index contributed by atoms with van der Waals surface area (Å²) in [5.74, 6) is 0. The van der Waals surface area contributed by atoms with Crippen molar-refractivity contribution in [2.75, 3.05) is 5.32 Å². The Balaban J connectivity index is 1.83.